The smallest absolute Gasteiger partial charge is 0.336 e. The fraction of sp³-hybridized carbons (Fsp3) is 0.357. The van der Waals surface area contributed by atoms with Gasteiger partial charge in [0.25, 0.3) is 0 Å². The highest BCUT2D eigenvalue weighted by Crippen LogP contribution is 2.55. The summed E-state index contributed by atoms with van der Waals surface area (Å²) in [6, 6.07) is 6.55. The van der Waals surface area contributed by atoms with Crippen molar-refractivity contribution in [2.45, 2.75) is 27.6 Å². The number of hydrogen-bond donors (Lipinski definition) is 6. The first-order chi connectivity index (χ1) is 11.0. The molecule has 5 atom stereocenters. The molecule has 0 bridgehead atoms. The molecular weight excluding hydrogens is 410 g/mol. The Morgan fingerprint density at radius 1 is 1.29 bits per heavy atom. The standard InChI is InChI=1S/C14H13BrClNO7/c15-13(22)11(20)24-9(10(18)19)12(21,14(13,16)23)7-5-17-8-4-2-1-3-6(7)8/h1-5,9,11,17,20-23H,(H,18,19)/t9-,11-,12-,13+,14+/m1/s1. The van der Waals surface area contributed by atoms with E-state index in [1.54, 1.807) is 24.3 Å². The summed E-state index contributed by atoms with van der Waals surface area (Å²) in [4.78, 5) is 14.4. The zero-order valence-electron chi connectivity index (χ0n) is 11.8. The molecule has 1 saturated heterocycles. The maximum Gasteiger partial charge on any atom is 0.336 e. The number of carbonyl (C=O) groups is 1. The maximum atomic E-state index is 11.6. The van der Waals surface area contributed by atoms with E-state index in [-0.39, 0.29) is 5.56 Å². The highest BCUT2D eigenvalue weighted by molar-refractivity contribution is 9.10. The number of nitrogens with one attached hydrogen (secondary N) is 1. The van der Waals surface area contributed by atoms with Crippen LogP contribution in [0.5, 0.6) is 0 Å². The molecule has 2 aromatic rings. The Hall–Kier alpha value is -1.20. The van der Waals surface area contributed by atoms with Crippen LogP contribution in [0.25, 0.3) is 10.9 Å². The zero-order valence-corrected chi connectivity index (χ0v) is 14.2. The van der Waals surface area contributed by atoms with Gasteiger partial charge in [0.15, 0.2) is 18.0 Å². The lowest BCUT2D eigenvalue weighted by molar-refractivity contribution is -0.339. The van der Waals surface area contributed by atoms with Gasteiger partial charge in [0.2, 0.25) is 9.57 Å². The third-order valence-corrected chi connectivity index (χ3v) is 5.94. The van der Waals surface area contributed by atoms with E-state index in [0.29, 0.717) is 10.9 Å². The van der Waals surface area contributed by atoms with Gasteiger partial charge < -0.3 is 35.3 Å². The van der Waals surface area contributed by atoms with Crippen molar-refractivity contribution in [3.05, 3.63) is 36.0 Å². The number of carboxylic acids is 1. The summed E-state index contributed by atoms with van der Waals surface area (Å²) in [5.74, 6) is -1.69. The van der Waals surface area contributed by atoms with Crippen molar-refractivity contribution >= 4 is 44.4 Å². The van der Waals surface area contributed by atoms with Gasteiger partial charge in [-0.15, -0.1) is 0 Å². The minimum atomic E-state index is -3.05. The van der Waals surface area contributed by atoms with Gasteiger partial charge in [-0.25, -0.2) is 4.79 Å². The lowest BCUT2D eigenvalue weighted by atomic mass is 9.77. The molecule has 1 aromatic carbocycles. The zero-order chi connectivity index (χ0) is 17.9. The average Bonchev–Trinajstić information content (AvgIpc) is 2.94. The molecule has 10 heteroatoms. The summed E-state index contributed by atoms with van der Waals surface area (Å²) in [6.45, 7) is 0. The molecule has 0 unspecified atom stereocenters. The number of H-pyrrole nitrogens is 1. The number of benzene rings is 1. The van der Waals surface area contributed by atoms with E-state index >= 15 is 0 Å². The molecule has 0 spiro atoms. The van der Waals surface area contributed by atoms with Crippen LogP contribution in [0.4, 0.5) is 0 Å². The number of alkyl halides is 2. The Kier molecular flexibility index (Phi) is 3.96. The molecule has 130 valence electrons. The van der Waals surface area contributed by atoms with E-state index in [9.17, 15) is 30.3 Å². The van der Waals surface area contributed by atoms with Crippen molar-refractivity contribution in [3.63, 3.8) is 0 Å². The third kappa shape index (κ3) is 2.07. The molecule has 24 heavy (non-hydrogen) atoms. The number of fused-ring (bicyclic) bond motifs is 1. The van der Waals surface area contributed by atoms with Crippen molar-refractivity contribution < 1.29 is 35.1 Å². The summed E-state index contributed by atoms with van der Waals surface area (Å²) >= 11 is 8.60. The molecule has 0 radical (unpaired) electrons. The number of carboxylic acid groups (broad SMARTS) is 1. The molecule has 1 aromatic heterocycles. The van der Waals surface area contributed by atoms with Crippen LogP contribution >= 0.6 is 27.5 Å². The van der Waals surface area contributed by atoms with Gasteiger partial charge in [-0.05, 0) is 22.0 Å². The number of hydrogen-bond acceptors (Lipinski definition) is 6. The number of aliphatic hydroxyl groups excluding tert-OH is 1. The number of halogens is 2. The third-order valence-electron chi connectivity index (χ3n) is 4.17. The topological polar surface area (TPSA) is 143 Å². The second-order valence-electron chi connectivity index (χ2n) is 5.52. The minimum Gasteiger partial charge on any atom is -0.479 e. The largest absolute Gasteiger partial charge is 0.479 e. The molecule has 1 fully saturated rings. The van der Waals surface area contributed by atoms with Crippen molar-refractivity contribution in [1.29, 1.82) is 0 Å². The van der Waals surface area contributed by atoms with Crippen LogP contribution in [-0.2, 0) is 15.1 Å². The van der Waals surface area contributed by atoms with Crippen molar-refractivity contribution in [3.8, 4) is 0 Å². The lowest BCUT2D eigenvalue weighted by Crippen LogP contribution is -2.75. The number of aromatic nitrogens is 1. The summed E-state index contributed by atoms with van der Waals surface area (Å²) in [5, 5.41) is 48.5. The van der Waals surface area contributed by atoms with Crippen LogP contribution in [-0.4, -0.2) is 58.5 Å². The predicted molar refractivity (Wildman–Crippen MR) is 85.4 cm³/mol. The average molecular weight is 423 g/mol. The van der Waals surface area contributed by atoms with Crippen LogP contribution in [0.15, 0.2) is 30.5 Å². The van der Waals surface area contributed by atoms with Crippen LogP contribution in [0, 0.1) is 0 Å². The fourth-order valence-corrected chi connectivity index (χ4v) is 3.57. The number of para-hydroxylation sites is 1. The van der Waals surface area contributed by atoms with Crippen molar-refractivity contribution in [1.82, 2.24) is 4.98 Å². The SMILES string of the molecule is O=C(O)[C@H]1O[C@@H](O)[C@@](O)(Br)[C@](O)(Cl)[C@@]1(O)c1c[nH]c2ccccc12. The van der Waals surface area contributed by atoms with Gasteiger partial charge in [0.05, 0.1) is 0 Å². The number of aliphatic carboxylic acids is 1. The van der Waals surface area contributed by atoms with E-state index < -0.39 is 33.5 Å². The normalized spacial score (nSPS) is 39.9. The van der Waals surface area contributed by atoms with Crippen LogP contribution in [0.2, 0.25) is 0 Å². The Morgan fingerprint density at radius 2 is 1.92 bits per heavy atom. The molecule has 0 saturated carbocycles. The predicted octanol–water partition coefficient (Wildman–Crippen LogP) is 0.168. The Bertz CT molecular complexity index is 807. The molecule has 2 heterocycles. The van der Waals surface area contributed by atoms with Crippen molar-refractivity contribution in [2.24, 2.45) is 0 Å². The molecule has 1 aliphatic heterocycles. The van der Waals surface area contributed by atoms with Gasteiger partial charge in [0, 0.05) is 22.7 Å². The van der Waals surface area contributed by atoms with E-state index in [1.807, 2.05) is 0 Å². The molecular formula is C14H13BrClNO7. The van der Waals surface area contributed by atoms with Crippen molar-refractivity contribution in [2.75, 3.05) is 0 Å². The Balaban J connectivity index is 2.32. The molecule has 6 N–H and O–H groups in total. The quantitative estimate of drug-likeness (QED) is 0.379. The number of ether oxygens (including phenoxy) is 1. The summed E-state index contributed by atoms with van der Waals surface area (Å²) < 4.78 is 2.09. The first-order valence-corrected chi connectivity index (χ1v) is 7.90. The van der Waals surface area contributed by atoms with E-state index in [2.05, 4.69) is 20.9 Å². The number of aliphatic hydroxyl groups is 4. The monoisotopic (exact) mass is 421 g/mol. The van der Waals surface area contributed by atoms with Crippen LogP contribution in [0.3, 0.4) is 0 Å². The Labute approximate surface area is 148 Å². The summed E-state index contributed by atoms with van der Waals surface area (Å²) in [7, 11) is 0. The summed E-state index contributed by atoms with van der Waals surface area (Å²) in [5.41, 5.74) is -2.40. The van der Waals surface area contributed by atoms with E-state index in [1.165, 1.54) is 6.20 Å². The molecule has 3 rings (SSSR count). The van der Waals surface area contributed by atoms with Gasteiger partial charge >= 0.3 is 5.97 Å². The second kappa shape index (κ2) is 5.40. The van der Waals surface area contributed by atoms with Gasteiger partial charge in [-0.2, -0.15) is 0 Å². The van der Waals surface area contributed by atoms with Crippen LogP contribution < -0.4 is 0 Å². The number of aromatic amines is 1. The highest BCUT2D eigenvalue weighted by Gasteiger charge is 2.74. The van der Waals surface area contributed by atoms with E-state index in [4.69, 9.17) is 16.3 Å². The van der Waals surface area contributed by atoms with Gasteiger partial charge in [0.1, 0.15) is 0 Å². The van der Waals surface area contributed by atoms with E-state index in [0.717, 1.165) is 0 Å². The maximum absolute atomic E-state index is 11.6. The Morgan fingerprint density at radius 3 is 2.54 bits per heavy atom. The van der Waals surface area contributed by atoms with Gasteiger partial charge in [-0.3, -0.25) is 0 Å². The van der Waals surface area contributed by atoms with Crippen LogP contribution in [0.1, 0.15) is 5.56 Å². The number of rotatable bonds is 2. The molecule has 0 aliphatic carbocycles. The first kappa shape index (κ1) is 17.6. The molecule has 1 aliphatic rings. The molecule has 8 nitrogen and oxygen atoms in total. The fourth-order valence-electron chi connectivity index (χ4n) is 2.87. The van der Waals surface area contributed by atoms with Gasteiger partial charge in [-0.1, -0.05) is 29.8 Å². The lowest BCUT2D eigenvalue weighted by Gasteiger charge is -2.53. The highest BCUT2D eigenvalue weighted by atomic mass is 79.9. The first-order valence-electron chi connectivity index (χ1n) is 6.73. The second-order valence-corrected chi connectivity index (χ2v) is 7.27. The molecule has 0 amide bonds. The minimum absolute atomic E-state index is 0.118. The summed E-state index contributed by atoms with van der Waals surface area (Å²) in [6.07, 6.45) is -3.13.